The molecule has 0 aromatic heterocycles. The van der Waals surface area contributed by atoms with Crippen LogP contribution in [0.2, 0.25) is 0 Å². The summed E-state index contributed by atoms with van der Waals surface area (Å²) < 4.78 is 2.47. The van der Waals surface area contributed by atoms with Gasteiger partial charge in [0.2, 0.25) is 0 Å². The maximum atomic E-state index is 11.7. The number of aliphatic hydroxyl groups excluding tert-OH is 1. The molecule has 1 aliphatic heterocycles. The van der Waals surface area contributed by atoms with E-state index in [1.165, 1.54) is 50.2 Å². The van der Waals surface area contributed by atoms with Crippen molar-refractivity contribution in [1.82, 2.24) is 0 Å². The van der Waals surface area contributed by atoms with Crippen molar-refractivity contribution in [1.29, 1.82) is 0 Å². The van der Waals surface area contributed by atoms with Gasteiger partial charge in [-0.1, -0.05) is 73.0 Å². The third-order valence-electron chi connectivity index (χ3n) is 6.40. The van der Waals surface area contributed by atoms with E-state index in [0.717, 1.165) is 25.4 Å². The lowest BCUT2D eigenvalue weighted by Gasteiger charge is -2.41. The van der Waals surface area contributed by atoms with Gasteiger partial charge in [0.1, 0.15) is 6.29 Å². The Balaban J connectivity index is 0.000000617. The number of fused-ring (bicyclic) bond motifs is 3. The molecule has 5 heteroatoms. The topological polar surface area (TPSA) is 60.8 Å². The van der Waals surface area contributed by atoms with E-state index in [-0.39, 0.29) is 0 Å². The molecular formula is C32H43NO3S. The van der Waals surface area contributed by atoms with Gasteiger partial charge in [-0.2, -0.15) is 0 Å². The summed E-state index contributed by atoms with van der Waals surface area (Å²) in [6.45, 7) is 14.0. The Kier molecular flexibility index (Phi) is 11.0. The Bertz CT molecular complexity index is 1190. The highest BCUT2D eigenvalue weighted by Gasteiger charge is 2.34. The average Bonchev–Trinajstić information content (AvgIpc) is 2.87. The summed E-state index contributed by atoms with van der Waals surface area (Å²) in [6.07, 6.45) is 4.67. The summed E-state index contributed by atoms with van der Waals surface area (Å²) in [5.74, 6) is 0. The van der Waals surface area contributed by atoms with E-state index in [0.29, 0.717) is 12.5 Å². The number of aryl methyl sites for hydroxylation is 1. The van der Waals surface area contributed by atoms with Crippen LogP contribution in [0.3, 0.4) is 0 Å². The molecule has 0 radical (unpaired) electrons. The molecular weight excluding hydrogens is 478 g/mol. The zero-order valence-electron chi connectivity index (χ0n) is 23.8. The zero-order chi connectivity index (χ0) is 27.9. The normalized spacial score (nSPS) is 13.9. The molecule has 37 heavy (non-hydrogen) atoms. The Morgan fingerprint density at radius 3 is 2.03 bits per heavy atom. The molecule has 3 aromatic rings. The first-order valence-electron chi connectivity index (χ1n) is 12.8. The van der Waals surface area contributed by atoms with Crippen molar-refractivity contribution in [3.8, 4) is 22.3 Å². The monoisotopic (exact) mass is 521 g/mol. The number of carbonyl (C=O) groups excluding carboxylic acids is 1. The van der Waals surface area contributed by atoms with Gasteiger partial charge in [0.15, 0.2) is 0 Å². The molecule has 3 aromatic carbocycles. The minimum Gasteiger partial charge on any atom is -0.400 e. The van der Waals surface area contributed by atoms with Crippen molar-refractivity contribution in [2.45, 2.75) is 73.0 Å². The number of benzene rings is 3. The highest BCUT2D eigenvalue weighted by molar-refractivity contribution is 8.00. The van der Waals surface area contributed by atoms with Gasteiger partial charge in [-0.05, 0) is 86.9 Å². The SMILES string of the molecule is CC(C)(C)O.CC[C@H]1c2ccccc2-c2c(C)c(-c3ccc(C)cc3)c(CC=O)c(C)c2N1SC.CO. The Labute approximate surface area is 227 Å². The smallest absolute Gasteiger partial charge is 0.124 e. The molecule has 0 unspecified atom stereocenters. The second kappa shape index (κ2) is 13.3. The lowest BCUT2D eigenvalue weighted by molar-refractivity contribution is -0.107. The van der Waals surface area contributed by atoms with E-state index in [9.17, 15) is 4.79 Å². The molecule has 0 saturated carbocycles. The van der Waals surface area contributed by atoms with Crippen LogP contribution in [-0.4, -0.2) is 35.5 Å². The second-order valence-corrected chi connectivity index (χ2v) is 11.0. The Morgan fingerprint density at radius 1 is 0.946 bits per heavy atom. The number of aldehydes is 1. The van der Waals surface area contributed by atoms with Gasteiger partial charge in [0.25, 0.3) is 0 Å². The summed E-state index contributed by atoms with van der Waals surface area (Å²) >= 11 is 1.78. The lowest BCUT2D eigenvalue weighted by atomic mass is 9.79. The fourth-order valence-electron chi connectivity index (χ4n) is 5.00. The Morgan fingerprint density at radius 2 is 1.51 bits per heavy atom. The highest BCUT2D eigenvalue weighted by atomic mass is 32.2. The molecule has 0 spiro atoms. The van der Waals surface area contributed by atoms with Crippen LogP contribution in [0, 0.1) is 20.8 Å². The molecule has 0 amide bonds. The van der Waals surface area contributed by atoms with E-state index in [2.05, 4.69) is 86.8 Å². The third kappa shape index (κ3) is 6.84. The van der Waals surface area contributed by atoms with Crippen LogP contribution in [0.1, 0.15) is 68.0 Å². The van der Waals surface area contributed by atoms with Crippen molar-refractivity contribution in [3.63, 3.8) is 0 Å². The molecule has 1 heterocycles. The molecule has 200 valence electrons. The largest absolute Gasteiger partial charge is 0.400 e. The number of rotatable bonds is 5. The van der Waals surface area contributed by atoms with Gasteiger partial charge in [0.05, 0.1) is 17.3 Å². The fraction of sp³-hybridized carbons (Fsp3) is 0.406. The molecule has 1 aliphatic rings. The van der Waals surface area contributed by atoms with Gasteiger partial charge in [-0.3, -0.25) is 0 Å². The number of hydrogen-bond acceptors (Lipinski definition) is 5. The molecule has 4 nitrogen and oxygen atoms in total. The minimum atomic E-state index is -0.500. The number of nitrogens with zero attached hydrogens (tertiary/aromatic N) is 1. The number of aliphatic hydroxyl groups is 2. The van der Waals surface area contributed by atoms with E-state index >= 15 is 0 Å². The summed E-state index contributed by atoms with van der Waals surface area (Å²) in [5.41, 5.74) is 12.1. The van der Waals surface area contributed by atoms with Crippen LogP contribution >= 0.6 is 11.9 Å². The predicted octanol–water partition coefficient (Wildman–Crippen LogP) is 7.62. The van der Waals surface area contributed by atoms with E-state index in [1.807, 2.05) is 0 Å². The van der Waals surface area contributed by atoms with Crippen LogP contribution in [0.4, 0.5) is 5.69 Å². The number of hydrogen-bond donors (Lipinski definition) is 2. The lowest BCUT2D eigenvalue weighted by Crippen LogP contribution is -2.27. The predicted molar refractivity (Wildman–Crippen MR) is 160 cm³/mol. The molecule has 2 N–H and O–H groups in total. The molecule has 0 bridgehead atoms. The quantitative estimate of drug-likeness (QED) is 0.267. The first-order valence-corrected chi connectivity index (χ1v) is 14.0. The second-order valence-electron chi connectivity index (χ2n) is 10.3. The molecule has 1 atom stereocenters. The van der Waals surface area contributed by atoms with Gasteiger partial charge in [-0.15, -0.1) is 0 Å². The fourth-order valence-corrected chi connectivity index (χ4v) is 5.93. The molecule has 0 aliphatic carbocycles. The standard InChI is InChI=1S/C27H29NOS.C4H10O.CH4O/c1-6-24-22-9-7-8-10-23(22)26-19(4)25(20-13-11-17(2)12-14-20)21(15-16-29)18(3)27(26)28(24)30-5;1-4(2,3)5;1-2/h7-14,16,24H,6,15H2,1-5H3;5H,1-3H3;2H,1H3/t24-;;/m0../s1. The van der Waals surface area contributed by atoms with Gasteiger partial charge < -0.3 is 19.3 Å². The Hall–Kier alpha value is -2.60. The van der Waals surface area contributed by atoms with Crippen LogP contribution in [0.25, 0.3) is 22.3 Å². The minimum absolute atomic E-state index is 0.330. The van der Waals surface area contributed by atoms with Crippen LogP contribution in [0.5, 0.6) is 0 Å². The van der Waals surface area contributed by atoms with Gasteiger partial charge in [0, 0.05) is 25.3 Å². The van der Waals surface area contributed by atoms with Crippen LogP contribution in [-0.2, 0) is 11.2 Å². The van der Waals surface area contributed by atoms with Crippen molar-refractivity contribution < 1.29 is 15.0 Å². The maximum Gasteiger partial charge on any atom is 0.124 e. The zero-order valence-corrected chi connectivity index (χ0v) is 24.7. The number of carbonyl (C=O) groups is 1. The summed E-state index contributed by atoms with van der Waals surface area (Å²) in [7, 11) is 1.00. The van der Waals surface area contributed by atoms with Crippen molar-refractivity contribution >= 4 is 23.9 Å². The van der Waals surface area contributed by atoms with Crippen LogP contribution < -0.4 is 4.31 Å². The summed E-state index contributed by atoms with van der Waals surface area (Å²) in [6, 6.07) is 17.8. The van der Waals surface area contributed by atoms with Gasteiger partial charge in [-0.25, -0.2) is 0 Å². The van der Waals surface area contributed by atoms with Crippen LogP contribution in [0.15, 0.2) is 48.5 Å². The van der Waals surface area contributed by atoms with Crippen molar-refractivity contribution in [2.75, 3.05) is 17.7 Å². The van der Waals surface area contributed by atoms with E-state index < -0.39 is 5.60 Å². The average molecular weight is 522 g/mol. The van der Waals surface area contributed by atoms with E-state index in [4.69, 9.17) is 10.2 Å². The summed E-state index contributed by atoms with van der Waals surface area (Å²) in [5, 5.41) is 15.5. The summed E-state index contributed by atoms with van der Waals surface area (Å²) in [4.78, 5) is 11.7. The molecule has 0 saturated heterocycles. The molecule has 4 rings (SSSR count). The van der Waals surface area contributed by atoms with Crippen molar-refractivity contribution in [2.24, 2.45) is 0 Å². The number of anilines is 1. The first kappa shape index (κ1) is 30.6. The first-order chi connectivity index (χ1) is 17.5. The van der Waals surface area contributed by atoms with Crippen molar-refractivity contribution in [3.05, 3.63) is 76.3 Å². The highest BCUT2D eigenvalue weighted by Crippen LogP contribution is 2.54. The molecule has 0 fully saturated rings. The van der Waals surface area contributed by atoms with E-state index in [1.54, 1.807) is 32.7 Å². The maximum absolute atomic E-state index is 11.7. The van der Waals surface area contributed by atoms with Gasteiger partial charge >= 0.3 is 0 Å². The third-order valence-corrected chi connectivity index (χ3v) is 7.23.